The molecule has 0 aromatic heterocycles. The topological polar surface area (TPSA) is 46.5 Å². The normalized spacial score (nSPS) is 28.9. The maximum absolute atomic E-state index is 14.0. The third-order valence-corrected chi connectivity index (χ3v) is 3.26. The smallest absolute Gasteiger partial charge is 0.315 e. The van der Waals surface area contributed by atoms with Gasteiger partial charge in [-0.15, -0.1) is 0 Å². The molecule has 17 heavy (non-hydrogen) atoms. The Labute approximate surface area is 99.2 Å². The van der Waals surface area contributed by atoms with Crippen LogP contribution in [0.1, 0.15) is 12.0 Å². The van der Waals surface area contributed by atoms with E-state index in [0.29, 0.717) is 6.61 Å². The molecule has 1 N–H and O–H groups in total. The fourth-order valence-corrected chi connectivity index (χ4v) is 2.20. The average molecular weight is 238 g/mol. The molecule has 1 aromatic carbocycles. The summed E-state index contributed by atoms with van der Waals surface area (Å²) in [5, 5.41) is 9.30. The zero-order chi connectivity index (χ0) is 12.3. The van der Waals surface area contributed by atoms with Crippen molar-refractivity contribution in [3.8, 4) is 0 Å². The third kappa shape index (κ3) is 2.31. The minimum Gasteiger partial charge on any atom is -0.481 e. The van der Waals surface area contributed by atoms with Crippen LogP contribution in [0.25, 0.3) is 0 Å². The van der Waals surface area contributed by atoms with E-state index in [-0.39, 0.29) is 19.4 Å². The van der Waals surface area contributed by atoms with Gasteiger partial charge < -0.3 is 9.84 Å². The van der Waals surface area contributed by atoms with Crippen molar-refractivity contribution < 1.29 is 19.0 Å². The predicted octanol–water partition coefficient (Wildman–Crippen LogP) is 2.06. The van der Waals surface area contributed by atoms with Gasteiger partial charge in [0.1, 0.15) is 11.6 Å². The largest absolute Gasteiger partial charge is 0.481 e. The maximum Gasteiger partial charge on any atom is 0.315 e. The minimum absolute atomic E-state index is 0.0571. The van der Waals surface area contributed by atoms with Crippen molar-refractivity contribution >= 4 is 5.97 Å². The van der Waals surface area contributed by atoms with Gasteiger partial charge in [0.2, 0.25) is 0 Å². The zero-order valence-corrected chi connectivity index (χ0v) is 9.43. The Morgan fingerprint density at radius 2 is 2.18 bits per heavy atom. The summed E-state index contributed by atoms with van der Waals surface area (Å²) in [5.74, 6) is -1.12. The lowest BCUT2D eigenvalue weighted by Gasteiger charge is -2.36. The quantitative estimate of drug-likeness (QED) is 0.876. The van der Waals surface area contributed by atoms with Crippen molar-refractivity contribution in [2.45, 2.75) is 19.0 Å². The summed E-state index contributed by atoms with van der Waals surface area (Å²) in [7, 11) is 0. The molecule has 0 spiro atoms. The summed E-state index contributed by atoms with van der Waals surface area (Å²) in [6, 6.07) is 9.11. The number of rotatable bonds is 3. The van der Waals surface area contributed by atoms with Crippen LogP contribution in [-0.2, 0) is 16.0 Å². The highest BCUT2D eigenvalue weighted by molar-refractivity contribution is 5.76. The predicted molar refractivity (Wildman–Crippen MR) is 60.5 cm³/mol. The molecule has 2 atom stereocenters. The highest BCUT2D eigenvalue weighted by atomic mass is 19.1. The van der Waals surface area contributed by atoms with E-state index in [0.717, 1.165) is 5.56 Å². The molecular formula is C13H15FO3. The second-order valence-electron chi connectivity index (χ2n) is 4.43. The third-order valence-electron chi connectivity index (χ3n) is 3.26. The Kier molecular flexibility index (Phi) is 3.43. The number of alkyl halides is 1. The molecule has 0 bridgehead atoms. The van der Waals surface area contributed by atoms with Crippen LogP contribution in [0.4, 0.5) is 4.39 Å². The van der Waals surface area contributed by atoms with E-state index in [1.54, 1.807) is 0 Å². The first-order chi connectivity index (χ1) is 8.15. The van der Waals surface area contributed by atoms with Crippen molar-refractivity contribution in [2.24, 2.45) is 5.41 Å². The lowest BCUT2D eigenvalue weighted by Crippen LogP contribution is -2.49. The van der Waals surface area contributed by atoms with Crippen LogP contribution in [0.15, 0.2) is 30.3 Å². The number of aliphatic carboxylic acids is 1. The van der Waals surface area contributed by atoms with E-state index >= 15 is 0 Å². The van der Waals surface area contributed by atoms with Crippen molar-refractivity contribution in [1.29, 1.82) is 0 Å². The first-order valence-corrected chi connectivity index (χ1v) is 5.64. The van der Waals surface area contributed by atoms with Crippen LogP contribution in [0, 0.1) is 5.41 Å². The number of benzene rings is 1. The summed E-state index contributed by atoms with van der Waals surface area (Å²) in [5.41, 5.74) is -0.609. The van der Waals surface area contributed by atoms with Crippen molar-refractivity contribution in [3.05, 3.63) is 35.9 Å². The fourth-order valence-electron chi connectivity index (χ4n) is 2.20. The number of ether oxygens (including phenoxy) is 1. The SMILES string of the molecule is O=C(O)C1(Cc2ccccc2)COCCC1F. The molecule has 0 amide bonds. The monoisotopic (exact) mass is 238 g/mol. The number of carbonyl (C=O) groups is 1. The Balaban J connectivity index is 2.25. The van der Waals surface area contributed by atoms with E-state index in [4.69, 9.17) is 4.74 Å². The maximum atomic E-state index is 14.0. The van der Waals surface area contributed by atoms with E-state index in [2.05, 4.69) is 0 Å². The van der Waals surface area contributed by atoms with E-state index < -0.39 is 17.6 Å². The van der Waals surface area contributed by atoms with Gasteiger partial charge >= 0.3 is 5.97 Å². The summed E-state index contributed by atoms with van der Waals surface area (Å²) in [6.07, 6.45) is -1.03. The van der Waals surface area contributed by atoms with Crippen LogP contribution >= 0.6 is 0 Å². The van der Waals surface area contributed by atoms with Gasteiger partial charge in [0, 0.05) is 13.0 Å². The van der Waals surface area contributed by atoms with Gasteiger partial charge in [0.15, 0.2) is 0 Å². The number of halogens is 1. The van der Waals surface area contributed by atoms with Crippen LogP contribution in [0.2, 0.25) is 0 Å². The highest BCUT2D eigenvalue weighted by Gasteiger charge is 2.49. The van der Waals surface area contributed by atoms with Gasteiger partial charge in [-0.1, -0.05) is 30.3 Å². The lowest BCUT2D eigenvalue weighted by molar-refractivity contribution is -0.165. The van der Waals surface area contributed by atoms with Gasteiger partial charge in [-0.05, 0) is 12.0 Å². The second kappa shape index (κ2) is 4.84. The molecule has 0 aliphatic carbocycles. The first-order valence-electron chi connectivity index (χ1n) is 5.64. The van der Waals surface area contributed by atoms with E-state index in [1.165, 1.54) is 0 Å². The van der Waals surface area contributed by atoms with Gasteiger partial charge in [0.05, 0.1) is 6.61 Å². The van der Waals surface area contributed by atoms with Crippen LogP contribution in [0.3, 0.4) is 0 Å². The first kappa shape index (κ1) is 12.0. The highest BCUT2D eigenvalue weighted by Crippen LogP contribution is 2.35. The molecule has 1 saturated heterocycles. The molecule has 1 aliphatic rings. The van der Waals surface area contributed by atoms with Crippen LogP contribution < -0.4 is 0 Å². The standard InChI is InChI=1S/C13H15FO3/c14-11-6-7-17-9-13(11,12(15)16)8-10-4-2-1-3-5-10/h1-5,11H,6-9H2,(H,15,16). The number of hydrogen-bond donors (Lipinski definition) is 1. The van der Waals surface area contributed by atoms with Crippen LogP contribution in [-0.4, -0.2) is 30.5 Å². The van der Waals surface area contributed by atoms with Gasteiger partial charge in [0.25, 0.3) is 0 Å². The Bertz CT molecular complexity index is 393. The van der Waals surface area contributed by atoms with Gasteiger partial charge in [-0.3, -0.25) is 4.79 Å². The summed E-state index contributed by atoms with van der Waals surface area (Å²) >= 11 is 0. The summed E-state index contributed by atoms with van der Waals surface area (Å²) in [6.45, 7) is 0.239. The lowest BCUT2D eigenvalue weighted by atomic mass is 9.76. The molecule has 1 heterocycles. The molecule has 1 aromatic rings. The van der Waals surface area contributed by atoms with Gasteiger partial charge in [-0.2, -0.15) is 0 Å². The molecule has 0 saturated carbocycles. The van der Waals surface area contributed by atoms with Crippen molar-refractivity contribution in [1.82, 2.24) is 0 Å². The molecule has 3 nitrogen and oxygen atoms in total. The van der Waals surface area contributed by atoms with Crippen molar-refractivity contribution in [3.63, 3.8) is 0 Å². The molecule has 2 unspecified atom stereocenters. The number of carboxylic acid groups (broad SMARTS) is 1. The fraction of sp³-hybridized carbons (Fsp3) is 0.462. The number of carboxylic acids is 1. The average Bonchev–Trinajstić information content (AvgIpc) is 2.33. The number of hydrogen-bond acceptors (Lipinski definition) is 2. The molecular weight excluding hydrogens is 223 g/mol. The second-order valence-corrected chi connectivity index (χ2v) is 4.43. The van der Waals surface area contributed by atoms with Crippen LogP contribution in [0.5, 0.6) is 0 Å². The Morgan fingerprint density at radius 3 is 2.76 bits per heavy atom. The molecule has 4 heteroatoms. The Morgan fingerprint density at radius 1 is 1.47 bits per heavy atom. The zero-order valence-electron chi connectivity index (χ0n) is 9.43. The van der Waals surface area contributed by atoms with Gasteiger partial charge in [-0.25, -0.2) is 4.39 Å². The summed E-state index contributed by atoms with van der Waals surface area (Å²) in [4.78, 5) is 11.4. The van der Waals surface area contributed by atoms with E-state index in [9.17, 15) is 14.3 Å². The molecule has 0 radical (unpaired) electrons. The van der Waals surface area contributed by atoms with E-state index in [1.807, 2.05) is 30.3 Å². The summed E-state index contributed by atoms with van der Waals surface area (Å²) < 4.78 is 19.1. The molecule has 1 fully saturated rings. The van der Waals surface area contributed by atoms with Crippen molar-refractivity contribution in [2.75, 3.05) is 13.2 Å². The minimum atomic E-state index is -1.43. The Hall–Kier alpha value is -1.42. The molecule has 2 rings (SSSR count). The molecule has 1 aliphatic heterocycles. The molecule has 92 valence electrons.